The van der Waals surface area contributed by atoms with Crippen molar-refractivity contribution in [2.75, 3.05) is 16.8 Å². The Balaban J connectivity index is 1.71. The molecule has 1 N–H and O–H groups in total. The number of aromatic nitrogens is 2. The zero-order chi connectivity index (χ0) is 20.1. The standard InChI is InChI=1S/C23H22N4OS/c1-2-3-4-7-15-27-19-12-11-17(26-23-24-13-8-14-25-23)16-21(19)29-20-10-6-5-9-18(20)22(27)28/h4-14,16H,2-3,15H2,1H3,(H,24,25,26)/b7-4+. The van der Waals surface area contributed by atoms with E-state index in [0.717, 1.165) is 39.6 Å². The van der Waals surface area contributed by atoms with Crippen molar-refractivity contribution in [1.29, 1.82) is 0 Å². The lowest BCUT2D eigenvalue weighted by Gasteiger charge is -2.22. The quantitative estimate of drug-likeness (QED) is 0.537. The van der Waals surface area contributed by atoms with Gasteiger partial charge < -0.3 is 10.2 Å². The largest absolute Gasteiger partial charge is 0.324 e. The van der Waals surface area contributed by atoms with E-state index in [1.165, 1.54) is 0 Å². The highest BCUT2D eigenvalue weighted by Crippen LogP contribution is 2.42. The molecule has 0 spiro atoms. The molecule has 1 amide bonds. The van der Waals surface area contributed by atoms with Crippen LogP contribution < -0.4 is 10.2 Å². The van der Waals surface area contributed by atoms with Crippen molar-refractivity contribution in [2.45, 2.75) is 29.6 Å². The van der Waals surface area contributed by atoms with Crippen LogP contribution in [-0.4, -0.2) is 22.4 Å². The van der Waals surface area contributed by atoms with Gasteiger partial charge in [0.25, 0.3) is 5.91 Å². The zero-order valence-corrected chi connectivity index (χ0v) is 17.0. The van der Waals surface area contributed by atoms with E-state index in [-0.39, 0.29) is 5.91 Å². The van der Waals surface area contributed by atoms with E-state index in [9.17, 15) is 4.79 Å². The fourth-order valence-corrected chi connectivity index (χ4v) is 4.26. The Morgan fingerprint density at radius 3 is 2.69 bits per heavy atom. The van der Waals surface area contributed by atoms with Crippen LogP contribution in [0.1, 0.15) is 30.1 Å². The maximum Gasteiger partial charge on any atom is 0.259 e. The molecule has 29 heavy (non-hydrogen) atoms. The van der Waals surface area contributed by atoms with Gasteiger partial charge in [-0.2, -0.15) is 0 Å². The van der Waals surface area contributed by atoms with Crippen LogP contribution in [0.2, 0.25) is 0 Å². The van der Waals surface area contributed by atoms with E-state index < -0.39 is 0 Å². The van der Waals surface area contributed by atoms with Crippen molar-refractivity contribution in [1.82, 2.24) is 9.97 Å². The minimum Gasteiger partial charge on any atom is -0.324 e. The minimum atomic E-state index is 0.0279. The summed E-state index contributed by atoms with van der Waals surface area (Å²) in [5.74, 6) is 0.571. The third-order valence-corrected chi connectivity index (χ3v) is 5.69. The number of carbonyl (C=O) groups is 1. The van der Waals surface area contributed by atoms with Crippen LogP contribution >= 0.6 is 11.8 Å². The van der Waals surface area contributed by atoms with Crippen LogP contribution in [-0.2, 0) is 0 Å². The molecule has 0 aliphatic carbocycles. The number of amides is 1. The maximum absolute atomic E-state index is 13.3. The molecule has 146 valence electrons. The highest BCUT2D eigenvalue weighted by Gasteiger charge is 2.26. The van der Waals surface area contributed by atoms with Gasteiger partial charge in [-0.15, -0.1) is 0 Å². The maximum atomic E-state index is 13.3. The van der Waals surface area contributed by atoms with Crippen molar-refractivity contribution >= 4 is 35.0 Å². The third-order valence-electron chi connectivity index (χ3n) is 4.57. The Bertz CT molecular complexity index is 1040. The highest BCUT2D eigenvalue weighted by atomic mass is 32.2. The molecule has 3 aromatic rings. The van der Waals surface area contributed by atoms with E-state index in [4.69, 9.17) is 0 Å². The Hall–Kier alpha value is -3.12. The third kappa shape index (κ3) is 4.32. The predicted octanol–water partition coefficient (Wildman–Crippen LogP) is 5.69. The van der Waals surface area contributed by atoms with Crippen molar-refractivity contribution in [2.24, 2.45) is 0 Å². The molecule has 2 aromatic carbocycles. The van der Waals surface area contributed by atoms with Crippen LogP contribution in [0.5, 0.6) is 0 Å². The van der Waals surface area contributed by atoms with Crippen LogP contribution in [0, 0.1) is 0 Å². The number of nitrogens with zero attached hydrogens (tertiary/aromatic N) is 3. The summed E-state index contributed by atoms with van der Waals surface area (Å²) in [6, 6.07) is 15.6. The first kappa shape index (κ1) is 19.2. The molecule has 6 heteroatoms. The lowest BCUT2D eigenvalue weighted by atomic mass is 10.1. The predicted molar refractivity (Wildman–Crippen MR) is 118 cm³/mol. The smallest absolute Gasteiger partial charge is 0.259 e. The van der Waals surface area contributed by atoms with E-state index in [1.807, 2.05) is 41.3 Å². The van der Waals surface area contributed by atoms with Gasteiger partial charge in [0.15, 0.2) is 0 Å². The first-order chi connectivity index (χ1) is 14.3. The van der Waals surface area contributed by atoms with E-state index >= 15 is 0 Å². The number of benzene rings is 2. The van der Waals surface area contributed by atoms with Crippen molar-refractivity contribution in [3.05, 3.63) is 78.6 Å². The molecular weight excluding hydrogens is 380 g/mol. The molecule has 1 aromatic heterocycles. The molecule has 0 radical (unpaired) electrons. The molecule has 1 aliphatic rings. The Morgan fingerprint density at radius 1 is 1.03 bits per heavy atom. The summed E-state index contributed by atoms with van der Waals surface area (Å²) in [7, 11) is 0. The molecule has 5 nitrogen and oxygen atoms in total. The van der Waals surface area contributed by atoms with Gasteiger partial charge in [0.05, 0.1) is 11.3 Å². The van der Waals surface area contributed by atoms with Crippen LogP contribution in [0.3, 0.4) is 0 Å². The summed E-state index contributed by atoms with van der Waals surface area (Å²) < 4.78 is 0. The van der Waals surface area contributed by atoms with E-state index in [2.05, 4.69) is 40.4 Å². The highest BCUT2D eigenvalue weighted by molar-refractivity contribution is 7.99. The van der Waals surface area contributed by atoms with Gasteiger partial charge >= 0.3 is 0 Å². The molecule has 4 rings (SSSR count). The average molecular weight is 403 g/mol. The summed E-state index contributed by atoms with van der Waals surface area (Å²) in [5.41, 5.74) is 2.53. The number of hydrogen-bond acceptors (Lipinski definition) is 5. The molecule has 0 saturated heterocycles. The van der Waals surface area contributed by atoms with Gasteiger partial charge in [-0.1, -0.05) is 49.4 Å². The normalized spacial score (nSPS) is 13.1. The number of unbranched alkanes of at least 4 members (excludes halogenated alkanes) is 1. The van der Waals surface area contributed by atoms with E-state index in [0.29, 0.717) is 12.5 Å². The molecule has 2 heterocycles. The number of carbonyl (C=O) groups excluding carboxylic acids is 1. The molecule has 0 saturated carbocycles. The minimum absolute atomic E-state index is 0.0279. The summed E-state index contributed by atoms with van der Waals surface area (Å²) in [6.45, 7) is 2.70. The number of fused-ring (bicyclic) bond motifs is 2. The first-order valence-corrected chi connectivity index (χ1v) is 10.5. The van der Waals surface area contributed by atoms with Gasteiger partial charge in [0.1, 0.15) is 0 Å². The molecule has 0 bridgehead atoms. The SMILES string of the molecule is CCC/C=C/CN1C(=O)c2ccccc2Sc2cc(Nc3ncccn3)ccc21. The second-order valence-electron chi connectivity index (χ2n) is 6.65. The van der Waals surface area contributed by atoms with Gasteiger partial charge in [0, 0.05) is 34.4 Å². The molecule has 0 fully saturated rings. The second kappa shape index (κ2) is 8.92. The summed E-state index contributed by atoms with van der Waals surface area (Å²) in [5, 5.41) is 3.23. The van der Waals surface area contributed by atoms with Crippen molar-refractivity contribution < 1.29 is 4.79 Å². The second-order valence-corrected chi connectivity index (χ2v) is 7.74. The molecule has 0 atom stereocenters. The van der Waals surface area contributed by atoms with E-state index in [1.54, 1.807) is 30.2 Å². The fraction of sp³-hybridized carbons (Fsp3) is 0.174. The van der Waals surface area contributed by atoms with Gasteiger partial charge in [0.2, 0.25) is 5.95 Å². The first-order valence-electron chi connectivity index (χ1n) is 9.68. The Labute approximate surface area is 174 Å². The lowest BCUT2D eigenvalue weighted by Crippen LogP contribution is -2.31. The monoisotopic (exact) mass is 402 g/mol. The summed E-state index contributed by atoms with van der Waals surface area (Å²) in [6.07, 6.45) is 9.73. The topological polar surface area (TPSA) is 58.1 Å². The van der Waals surface area contributed by atoms with Gasteiger partial charge in [-0.25, -0.2) is 9.97 Å². The van der Waals surface area contributed by atoms with Gasteiger partial charge in [-0.3, -0.25) is 4.79 Å². The van der Waals surface area contributed by atoms with Crippen molar-refractivity contribution in [3.8, 4) is 0 Å². The number of rotatable bonds is 6. The Morgan fingerprint density at radius 2 is 1.86 bits per heavy atom. The molecular formula is C23H22N4OS. The van der Waals surface area contributed by atoms with Crippen molar-refractivity contribution in [3.63, 3.8) is 0 Å². The summed E-state index contributed by atoms with van der Waals surface area (Å²) >= 11 is 1.61. The fourth-order valence-electron chi connectivity index (χ4n) is 3.14. The van der Waals surface area contributed by atoms with Crippen LogP contribution in [0.4, 0.5) is 17.3 Å². The Kier molecular flexibility index (Phi) is 5.91. The number of nitrogens with one attached hydrogen (secondary N) is 1. The molecule has 1 aliphatic heterocycles. The zero-order valence-electron chi connectivity index (χ0n) is 16.2. The van der Waals surface area contributed by atoms with Crippen LogP contribution in [0.15, 0.2) is 82.9 Å². The average Bonchev–Trinajstić information content (AvgIpc) is 2.86. The number of hydrogen-bond donors (Lipinski definition) is 1. The number of allylic oxidation sites excluding steroid dienone is 1. The number of anilines is 3. The van der Waals surface area contributed by atoms with Crippen LogP contribution in [0.25, 0.3) is 0 Å². The molecule has 0 unspecified atom stereocenters. The summed E-state index contributed by atoms with van der Waals surface area (Å²) in [4.78, 5) is 25.6. The lowest BCUT2D eigenvalue weighted by molar-refractivity contribution is 0.0987. The van der Waals surface area contributed by atoms with Gasteiger partial charge in [-0.05, 0) is 42.8 Å².